The Hall–Kier alpha value is -1.59. The van der Waals surface area contributed by atoms with Crippen LogP contribution in [0.3, 0.4) is 0 Å². The van der Waals surface area contributed by atoms with E-state index in [1.54, 1.807) is 11.8 Å². The fraction of sp³-hybridized carbons (Fsp3) is 0.200. The lowest BCUT2D eigenvalue weighted by atomic mass is 10.2. The van der Waals surface area contributed by atoms with Crippen LogP contribution in [0.15, 0.2) is 40.7 Å². The Balaban J connectivity index is 1.88. The summed E-state index contributed by atoms with van der Waals surface area (Å²) in [6, 6.07) is 10.1. The van der Waals surface area contributed by atoms with Crippen LogP contribution in [-0.4, -0.2) is 21.8 Å². The first kappa shape index (κ1) is 14.8. The molecule has 0 aliphatic rings. The Kier molecular flexibility index (Phi) is 5.38. The number of aryl methyl sites for hydroxylation is 1. The second-order valence-electron chi connectivity index (χ2n) is 4.18. The van der Waals surface area contributed by atoms with Crippen LogP contribution in [0.4, 0.5) is 0 Å². The van der Waals surface area contributed by atoms with E-state index in [1.165, 1.54) is 16.9 Å². The third kappa shape index (κ3) is 4.51. The van der Waals surface area contributed by atoms with Crippen molar-refractivity contribution in [2.45, 2.75) is 17.7 Å². The molecule has 0 unspecified atom stereocenters. The fourth-order valence-corrected chi connectivity index (χ4v) is 3.69. The molecule has 0 bridgehead atoms. The van der Waals surface area contributed by atoms with Gasteiger partial charge in [-0.05, 0) is 12.5 Å². The molecular formula is C15H15NO2S2. The van der Waals surface area contributed by atoms with E-state index >= 15 is 0 Å². The highest BCUT2D eigenvalue weighted by Gasteiger charge is 2.10. The third-order valence-electron chi connectivity index (χ3n) is 2.60. The first-order chi connectivity index (χ1) is 9.65. The second kappa shape index (κ2) is 7.26. The van der Waals surface area contributed by atoms with E-state index < -0.39 is 5.97 Å². The molecule has 3 nitrogen and oxygen atoms in total. The van der Waals surface area contributed by atoms with Crippen LogP contribution in [-0.2, 0) is 11.2 Å². The molecule has 2 rings (SSSR count). The zero-order valence-corrected chi connectivity index (χ0v) is 12.7. The number of aliphatic carboxylic acids is 1. The largest absolute Gasteiger partial charge is 0.481 e. The van der Waals surface area contributed by atoms with Gasteiger partial charge in [0.2, 0.25) is 0 Å². The second-order valence-corrected chi connectivity index (χ2v) is 6.53. The molecule has 0 amide bonds. The molecule has 0 aliphatic heterocycles. The molecule has 1 heterocycles. The maximum Gasteiger partial charge on any atom is 0.308 e. The molecule has 0 atom stereocenters. The molecule has 1 N–H and O–H groups in total. The summed E-state index contributed by atoms with van der Waals surface area (Å²) in [6.45, 7) is 1.86. The van der Waals surface area contributed by atoms with Crippen molar-refractivity contribution in [2.24, 2.45) is 0 Å². The Bertz CT molecular complexity index is 606. The van der Waals surface area contributed by atoms with Gasteiger partial charge >= 0.3 is 5.97 Å². The van der Waals surface area contributed by atoms with E-state index in [-0.39, 0.29) is 6.42 Å². The number of aromatic nitrogens is 1. The zero-order chi connectivity index (χ0) is 14.4. The van der Waals surface area contributed by atoms with E-state index in [0.717, 1.165) is 20.7 Å². The van der Waals surface area contributed by atoms with Crippen LogP contribution in [0.1, 0.15) is 16.1 Å². The van der Waals surface area contributed by atoms with Gasteiger partial charge in [-0.3, -0.25) is 4.79 Å². The minimum atomic E-state index is -0.808. The van der Waals surface area contributed by atoms with Crippen molar-refractivity contribution in [3.63, 3.8) is 0 Å². The predicted octanol–water partition coefficient (Wildman–Crippen LogP) is 3.88. The Morgan fingerprint density at radius 3 is 2.85 bits per heavy atom. The molecule has 0 fully saturated rings. The lowest BCUT2D eigenvalue weighted by Crippen LogP contribution is -1.99. The number of benzene rings is 1. The van der Waals surface area contributed by atoms with Gasteiger partial charge in [0, 0.05) is 10.6 Å². The highest BCUT2D eigenvalue weighted by molar-refractivity contribution is 8.01. The minimum absolute atomic E-state index is 0.0594. The number of thiazole rings is 1. The van der Waals surface area contributed by atoms with Gasteiger partial charge < -0.3 is 5.11 Å². The van der Waals surface area contributed by atoms with Gasteiger partial charge in [-0.2, -0.15) is 0 Å². The monoisotopic (exact) mass is 305 g/mol. The number of rotatable bonds is 6. The summed E-state index contributed by atoms with van der Waals surface area (Å²) >= 11 is 3.10. The summed E-state index contributed by atoms with van der Waals surface area (Å²) in [5.74, 6) is 0.0197. The molecule has 1 aromatic carbocycles. The summed E-state index contributed by atoms with van der Waals surface area (Å²) in [7, 11) is 0. The summed E-state index contributed by atoms with van der Waals surface area (Å²) in [4.78, 5) is 15.9. The van der Waals surface area contributed by atoms with Crippen molar-refractivity contribution < 1.29 is 9.90 Å². The predicted molar refractivity (Wildman–Crippen MR) is 84.4 cm³/mol. The van der Waals surface area contributed by atoms with Gasteiger partial charge in [0.1, 0.15) is 0 Å². The summed E-state index contributed by atoms with van der Waals surface area (Å²) in [5.41, 5.74) is 2.00. The molecule has 20 heavy (non-hydrogen) atoms. The van der Waals surface area contributed by atoms with Gasteiger partial charge in [-0.25, -0.2) is 4.98 Å². The van der Waals surface area contributed by atoms with Crippen molar-refractivity contribution in [3.05, 3.63) is 52.5 Å². The van der Waals surface area contributed by atoms with Crippen LogP contribution in [0.25, 0.3) is 6.08 Å². The summed E-state index contributed by atoms with van der Waals surface area (Å²) < 4.78 is 0.927. The Morgan fingerprint density at radius 2 is 2.15 bits per heavy atom. The first-order valence-corrected chi connectivity index (χ1v) is 7.98. The van der Waals surface area contributed by atoms with Crippen LogP contribution in [0.2, 0.25) is 0 Å². The van der Waals surface area contributed by atoms with E-state index in [1.807, 2.05) is 25.1 Å². The quantitative estimate of drug-likeness (QED) is 0.823. The summed E-state index contributed by atoms with van der Waals surface area (Å²) in [5, 5.41) is 8.80. The van der Waals surface area contributed by atoms with Crippen molar-refractivity contribution in [2.75, 3.05) is 5.75 Å². The van der Waals surface area contributed by atoms with E-state index in [0.29, 0.717) is 0 Å². The Morgan fingerprint density at radius 1 is 1.40 bits per heavy atom. The highest BCUT2D eigenvalue weighted by Crippen LogP contribution is 2.27. The lowest BCUT2D eigenvalue weighted by molar-refractivity contribution is -0.136. The SMILES string of the molecule is Cc1nc(SC/C=C/c2ccccc2)sc1CC(=O)O. The maximum absolute atomic E-state index is 10.7. The molecule has 0 radical (unpaired) electrons. The molecule has 1 aromatic heterocycles. The molecule has 104 valence electrons. The highest BCUT2D eigenvalue weighted by atomic mass is 32.2. The molecule has 0 saturated carbocycles. The first-order valence-electron chi connectivity index (χ1n) is 6.17. The molecular weight excluding hydrogens is 290 g/mol. The van der Waals surface area contributed by atoms with Crippen molar-refractivity contribution >= 4 is 35.1 Å². The van der Waals surface area contributed by atoms with Gasteiger partial charge in [-0.15, -0.1) is 11.3 Å². The minimum Gasteiger partial charge on any atom is -0.481 e. The fourth-order valence-electron chi connectivity index (χ4n) is 1.63. The van der Waals surface area contributed by atoms with Gasteiger partial charge in [0.25, 0.3) is 0 Å². The average molecular weight is 305 g/mol. The topological polar surface area (TPSA) is 50.2 Å². The molecule has 2 aromatic rings. The number of nitrogens with zero attached hydrogens (tertiary/aromatic N) is 1. The number of carbonyl (C=O) groups is 1. The molecule has 0 spiro atoms. The number of carboxylic acids is 1. The van der Waals surface area contributed by atoms with Crippen LogP contribution in [0, 0.1) is 6.92 Å². The number of thioether (sulfide) groups is 1. The van der Waals surface area contributed by atoms with Crippen LogP contribution in [0.5, 0.6) is 0 Å². The molecule has 0 saturated heterocycles. The maximum atomic E-state index is 10.7. The summed E-state index contributed by atoms with van der Waals surface area (Å²) in [6.07, 6.45) is 4.23. The number of hydrogen-bond acceptors (Lipinski definition) is 4. The lowest BCUT2D eigenvalue weighted by Gasteiger charge is -1.92. The van der Waals surface area contributed by atoms with Crippen molar-refractivity contribution in [3.8, 4) is 0 Å². The number of hydrogen-bond donors (Lipinski definition) is 1. The third-order valence-corrected chi connectivity index (χ3v) is 4.85. The van der Waals surface area contributed by atoms with E-state index in [2.05, 4.69) is 29.3 Å². The number of carboxylic acid groups (broad SMARTS) is 1. The Labute approximate surface area is 126 Å². The van der Waals surface area contributed by atoms with E-state index in [9.17, 15) is 4.79 Å². The molecule has 5 heteroatoms. The van der Waals surface area contributed by atoms with Gasteiger partial charge in [-0.1, -0.05) is 54.2 Å². The van der Waals surface area contributed by atoms with E-state index in [4.69, 9.17) is 5.11 Å². The smallest absolute Gasteiger partial charge is 0.308 e. The van der Waals surface area contributed by atoms with Crippen molar-refractivity contribution in [1.29, 1.82) is 0 Å². The van der Waals surface area contributed by atoms with Crippen LogP contribution >= 0.6 is 23.1 Å². The van der Waals surface area contributed by atoms with Crippen molar-refractivity contribution in [1.82, 2.24) is 4.98 Å². The van der Waals surface area contributed by atoms with Crippen LogP contribution < -0.4 is 0 Å². The normalized spacial score (nSPS) is 11.1. The standard InChI is InChI=1S/C15H15NO2S2/c1-11-13(10-14(17)18)20-15(16-11)19-9-5-8-12-6-3-2-4-7-12/h2-8H,9-10H2,1H3,(H,17,18)/b8-5+. The van der Waals surface area contributed by atoms with Gasteiger partial charge in [0.15, 0.2) is 4.34 Å². The zero-order valence-electron chi connectivity index (χ0n) is 11.1. The average Bonchev–Trinajstić information content (AvgIpc) is 2.76. The molecule has 0 aliphatic carbocycles. The van der Waals surface area contributed by atoms with Gasteiger partial charge in [0.05, 0.1) is 12.1 Å².